The average Bonchev–Trinajstić information content (AvgIpc) is 2.54. The molecule has 2 amide bonds. The van der Waals surface area contributed by atoms with Crippen LogP contribution in [0.3, 0.4) is 0 Å². The van der Waals surface area contributed by atoms with E-state index < -0.39 is 5.91 Å². The Morgan fingerprint density at radius 2 is 1.75 bits per heavy atom. The number of benzene rings is 1. The smallest absolute Gasteiger partial charge is 0.274 e. The molecule has 0 aliphatic heterocycles. The lowest BCUT2D eigenvalue weighted by Gasteiger charge is -2.10. The van der Waals surface area contributed by atoms with Crippen molar-refractivity contribution in [2.75, 3.05) is 32.5 Å². The average molecular weight is 347 g/mol. The van der Waals surface area contributed by atoms with Gasteiger partial charge in [0, 0.05) is 23.8 Å². The molecule has 0 aliphatic rings. The molecule has 24 heavy (non-hydrogen) atoms. The first-order valence-electron chi connectivity index (χ1n) is 7.42. The molecule has 0 spiro atoms. The van der Waals surface area contributed by atoms with E-state index >= 15 is 0 Å². The van der Waals surface area contributed by atoms with Crippen molar-refractivity contribution in [2.24, 2.45) is 0 Å². The molecule has 0 bridgehead atoms. The van der Waals surface area contributed by atoms with Gasteiger partial charge in [-0.2, -0.15) is 0 Å². The molecule has 0 radical (unpaired) electrons. The standard InChI is InChI=1S/C17H19ClN4O2/c1-22(2)10-9-19-16(23)14-7-4-8-15(21-14)17(24)20-13-6-3-5-12(18)11-13/h3-8,11H,9-10H2,1-2H3,(H,19,23)(H,20,24). The number of rotatable bonds is 6. The van der Waals surface area contributed by atoms with E-state index in [-0.39, 0.29) is 17.3 Å². The van der Waals surface area contributed by atoms with Crippen molar-refractivity contribution in [3.05, 3.63) is 58.9 Å². The van der Waals surface area contributed by atoms with Crippen molar-refractivity contribution in [1.82, 2.24) is 15.2 Å². The van der Waals surface area contributed by atoms with E-state index in [9.17, 15) is 9.59 Å². The van der Waals surface area contributed by atoms with E-state index in [1.54, 1.807) is 42.5 Å². The van der Waals surface area contributed by atoms with Crippen molar-refractivity contribution in [2.45, 2.75) is 0 Å². The number of nitrogens with zero attached hydrogens (tertiary/aromatic N) is 2. The summed E-state index contributed by atoms with van der Waals surface area (Å²) in [5.41, 5.74) is 0.929. The number of hydrogen-bond donors (Lipinski definition) is 2. The van der Waals surface area contributed by atoms with Gasteiger partial charge >= 0.3 is 0 Å². The van der Waals surface area contributed by atoms with Gasteiger partial charge in [0.25, 0.3) is 11.8 Å². The van der Waals surface area contributed by atoms with E-state index in [0.29, 0.717) is 17.3 Å². The summed E-state index contributed by atoms with van der Waals surface area (Å²) in [7, 11) is 3.84. The minimum absolute atomic E-state index is 0.162. The molecule has 7 heteroatoms. The molecule has 1 aromatic carbocycles. The monoisotopic (exact) mass is 346 g/mol. The van der Waals surface area contributed by atoms with Crippen LogP contribution in [0.2, 0.25) is 5.02 Å². The van der Waals surface area contributed by atoms with Gasteiger partial charge in [-0.3, -0.25) is 9.59 Å². The highest BCUT2D eigenvalue weighted by Gasteiger charge is 2.12. The topological polar surface area (TPSA) is 74.3 Å². The van der Waals surface area contributed by atoms with Gasteiger partial charge in [-0.15, -0.1) is 0 Å². The van der Waals surface area contributed by atoms with Crippen molar-refractivity contribution >= 4 is 29.1 Å². The number of amides is 2. The normalized spacial score (nSPS) is 10.5. The van der Waals surface area contributed by atoms with Crippen LogP contribution >= 0.6 is 11.6 Å². The second kappa shape index (κ2) is 8.42. The number of nitrogens with one attached hydrogen (secondary N) is 2. The number of likely N-dealkylation sites (N-methyl/N-ethyl adjacent to an activating group) is 1. The third kappa shape index (κ3) is 5.33. The molecule has 1 aromatic heterocycles. The fourth-order valence-corrected chi connectivity index (χ4v) is 2.12. The Morgan fingerprint density at radius 1 is 1.08 bits per heavy atom. The third-order valence-corrected chi connectivity index (χ3v) is 3.38. The van der Waals surface area contributed by atoms with Crippen LogP contribution < -0.4 is 10.6 Å². The fourth-order valence-electron chi connectivity index (χ4n) is 1.93. The predicted octanol–water partition coefficient (Wildman–Crippen LogP) is 2.28. The fraction of sp³-hybridized carbons (Fsp3) is 0.235. The number of hydrogen-bond acceptors (Lipinski definition) is 4. The highest BCUT2D eigenvalue weighted by Crippen LogP contribution is 2.15. The first kappa shape index (κ1) is 17.9. The van der Waals surface area contributed by atoms with Crippen molar-refractivity contribution in [1.29, 1.82) is 0 Å². The summed E-state index contributed by atoms with van der Waals surface area (Å²) in [5.74, 6) is -0.713. The van der Waals surface area contributed by atoms with Gasteiger partial charge in [0.2, 0.25) is 0 Å². The van der Waals surface area contributed by atoms with Crippen molar-refractivity contribution in [3.63, 3.8) is 0 Å². The van der Waals surface area contributed by atoms with E-state index in [2.05, 4.69) is 15.6 Å². The zero-order valence-electron chi connectivity index (χ0n) is 13.5. The number of halogens is 1. The first-order chi connectivity index (χ1) is 11.5. The zero-order valence-corrected chi connectivity index (χ0v) is 14.3. The third-order valence-electron chi connectivity index (χ3n) is 3.14. The first-order valence-corrected chi connectivity index (χ1v) is 7.80. The Kier molecular flexibility index (Phi) is 6.28. The van der Waals surface area contributed by atoms with Crippen LogP contribution in [0.1, 0.15) is 21.0 Å². The Hall–Kier alpha value is -2.44. The van der Waals surface area contributed by atoms with Crippen LogP contribution in [0, 0.1) is 0 Å². The molecule has 0 unspecified atom stereocenters. The number of anilines is 1. The number of carbonyl (C=O) groups excluding carboxylic acids is 2. The van der Waals surface area contributed by atoms with Gasteiger partial charge < -0.3 is 15.5 Å². The van der Waals surface area contributed by atoms with Gasteiger partial charge in [0.15, 0.2) is 0 Å². The minimum Gasteiger partial charge on any atom is -0.349 e. The van der Waals surface area contributed by atoms with Crippen LogP contribution in [-0.2, 0) is 0 Å². The minimum atomic E-state index is -0.403. The molecule has 0 atom stereocenters. The van der Waals surface area contributed by atoms with Crippen LogP contribution in [0.15, 0.2) is 42.5 Å². The van der Waals surface area contributed by atoms with E-state index in [0.717, 1.165) is 6.54 Å². The quantitative estimate of drug-likeness (QED) is 0.841. The summed E-state index contributed by atoms with van der Waals surface area (Å²) < 4.78 is 0. The Balaban J connectivity index is 2.03. The second-order valence-corrected chi connectivity index (χ2v) is 5.87. The molecule has 1 heterocycles. The van der Waals surface area contributed by atoms with E-state index in [1.165, 1.54) is 0 Å². The summed E-state index contributed by atoms with van der Waals surface area (Å²) in [6.45, 7) is 1.23. The Morgan fingerprint density at radius 3 is 2.42 bits per heavy atom. The van der Waals surface area contributed by atoms with E-state index in [4.69, 9.17) is 11.6 Å². The van der Waals surface area contributed by atoms with Crippen LogP contribution in [0.4, 0.5) is 5.69 Å². The SMILES string of the molecule is CN(C)CCNC(=O)c1cccc(C(=O)Nc2cccc(Cl)c2)n1. The van der Waals surface area contributed by atoms with Gasteiger partial charge in [0.1, 0.15) is 11.4 Å². The molecule has 0 aliphatic carbocycles. The molecule has 0 saturated carbocycles. The van der Waals surface area contributed by atoms with Crippen LogP contribution in [0.5, 0.6) is 0 Å². The summed E-state index contributed by atoms with van der Waals surface area (Å²) >= 11 is 5.89. The molecular weight excluding hydrogens is 328 g/mol. The molecule has 0 fully saturated rings. The second-order valence-electron chi connectivity index (χ2n) is 5.43. The maximum atomic E-state index is 12.2. The van der Waals surface area contributed by atoms with Gasteiger partial charge in [-0.1, -0.05) is 23.7 Å². The van der Waals surface area contributed by atoms with E-state index in [1.807, 2.05) is 19.0 Å². The van der Waals surface area contributed by atoms with Gasteiger partial charge in [0.05, 0.1) is 0 Å². The number of carbonyl (C=O) groups is 2. The predicted molar refractivity (Wildman–Crippen MR) is 94.5 cm³/mol. The summed E-state index contributed by atoms with van der Waals surface area (Å²) in [4.78, 5) is 30.4. The van der Waals surface area contributed by atoms with Crippen molar-refractivity contribution < 1.29 is 9.59 Å². The molecule has 2 N–H and O–H groups in total. The molecule has 6 nitrogen and oxygen atoms in total. The molecule has 2 aromatic rings. The Bertz CT molecular complexity index is 734. The largest absolute Gasteiger partial charge is 0.349 e. The maximum Gasteiger partial charge on any atom is 0.274 e. The van der Waals surface area contributed by atoms with Crippen LogP contribution in [0.25, 0.3) is 0 Å². The lowest BCUT2D eigenvalue weighted by atomic mass is 10.2. The zero-order chi connectivity index (χ0) is 17.5. The molecule has 126 valence electrons. The molecule has 2 rings (SSSR count). The molecule has 0 saturated heterocycles. The summed E-state index contributed by atoms with van der Waals surface area (Å²) in [6.07, 6.45) is 0. The number of aromatic nitrogens is 1. The lowest BCUT2D eigenvalue weighted by Crippen LogP contribution is -2.32. The van der Waals surface area contributed by atoms with Crippen molar-refractivity contribution in [3.8, 4) is 0 Å². The summed E-state index contributed by atoms with van der Waals surface area (Å²) in [6, 6.07) is 11.6. The summed E-state index contributed by atoms with van der Waals surface area (Å²) in [5, 5.41) is 5.98. The number of pyridine rings is 1. The molecular formula is C17H19ClN4O2. The lowest BCUT2D eigenvalue weighted by molar-refractivity contribution is 0.0946. The highest BCUT2D eigenvalue weighted by atomic mass is 35.5. The maximum absolute atomic E-state index is 12.2. The van der Waals surface area contributed by atoms with Gasteiger partial charge in [-0.05, 0) is 44.4 Å². The highest BCUT2D eigenvalue weighted by molar-refractivity contribution is 6.30. The Labute approximate surface area is 145 Å². The van der Waals surface area contributed by atoms with Gasteiger partial charge in [-0.25, -0.2) is 4.98 Å². The van der Waals surface area contributed by atoms with Crippen LogP contribution in [-0.4, -0.2) is 48.9 Å².